The summed E-state index contributed by atoms with van der Waals surface area (Å²) < 4.78 is 0. The molecule has 0 fully saturated rings. The van der Waals surface area contributed by atoms with E-state index >= 15 is 0 Å². The summed E-state index contributed by atoms with van der Waals surface area (Å²) in [7, 11) is 0. The van der Waals surface area contributed by atoms with Crippen LogP contribution in [0.4, 0.5) is 5.69 Å². The van der Waals surface area contributed by atoms with Crippen molar-refractivity contribution in [3.8, 4) is 11.1 Å². The maximum absolute atomic E-state index is 11.6. The van der Waals surface area contributed by atoms with Crippen LogP contribution in [0.15, 0.2) is 47.4 Å². The lowest BCUT2D eigenvalue weighted by molar-refractivity contribution is -0.384. The Morgan fingerprint density at radius 2 is 1.81 bits per heavy atom. The maximum Gasteiger partial charge on any atom is 0.284 e. The topological polar surface area (TPSA) is 76.0 Å². The Morgan fingerprint density at radius 1 is 1.12 bits per heavy atom. The minimum absolute atomic E-state index is 0.0908. The molecule has 0 saturated heterocycles. The number of aromatic nitrogens is 1. The van der Waals surface area contributed by atoms with Crippen molar-refractivity contribution in [1.29, 1.82) is 0 Å². The van der Waals surface area contributed by atoms with Crippen LogP contribution in [0.5, 0.6) is 0 Å². The smallest absolute Gasteiger partial charge is 0.284 e. The van der Waals surface area contributed by atoms with E-state index in [-0.39, 0.29) is 11.3 Å². The monoisotopic (exact) mass is 216 g/mol. The van der Waals surface area contributed by atoms with E-state index in [1.54, 1.807) is 30.3 Å². The third-order valence-corrected chi connectivity index (χ3v) is 2.20. The average Bonchev–Trinajstić information content (AvgIpc) is 2.29. The lowest BCUT2D eigenvalue weighted by atomic mass is 10.1. The standard InChI is InChI=1S/C11H8N2O3/c14-11-10(8-4-2-1-3-5-8)9(13(15)16)6-7-12-11/h1-7H,(H,12,14). The van der Waals surface area contributed by atoms with E-state index in [4.69, 9.17) is 0 Å². The fourth-order valence-electron chi connectivity index (χ4n) is 1.50. The molecule has 2 rings (SSSR count). The molecule has 0 radical (unpaired) electrons. The van der Waals surface area contributed by atoms with Crippen LogP contribution in [0.25, 0.3) is 11.1 Å². The van der Waals surface area contributed by atoms with E-state index in [0.717, 1.165) is 0 Å². The van der Waals surface area contributed by atoms with Gasteiger partial charge < -0.3 is 4.98 Å². The second kappa shape index (κ2) is 3.98. The molecule has 0 aliphatic rings. The van der Waals surface area contributed by atoms with E-state index in [1.807, 2.05) is 0 Å². The first kappa shape index (κ1) is 10.1. The minimum Gasteiger partial charge on any atom is -0.328 e. The molecule has 0 unspecified atom stereocenters. The van der Waals surface area contributed by atoms with Gasteiger partial charge in [0, 0.05) is 12.3 Å². The molecule has 1 aromatic carbocycles. The van der Waals surface area contributed by atoms with Gasteiger partial charge in [0.2, 0.25) is 0 Å². The number of nitrogens with one attached hydrogen (secondary N) is 1. The van der Waals surface area contributed by atoms with Crippen LogP contribution in [0.1, 0.15) is 0 Å². The number of hydrogen-bond donors (Lipinski definition) is 1. The van der Waals surface area contributed by atoms with Crippen LogP contribution in [-0.4, -0.2) is 9.91 Å². The second-order valence-corrected chi connectivity index (χ2v) is 3.19. The number of aromatic amines is 1. The van der Waals surface area contributed by atoms with Crippen LogP contribution in [0.2, 0.25) is 0 Å². The van der Waals surface area contributed by atoms with Crippen molar-refractivity contribution >= 4 is 5.69 Å². The Morgan fingerprint density at radius 3 is 2.44 bits per heavy atom. The van der Waals surface area contributed by atoms with Gasteiger partial charge in [0.05, 0.1) is 4.92 Å². The van der Waals surface area contributed by atoms with Gasteiger partial charge in [-0.15, -0.1) is 0 Å². The molecule has 0 aliphatic heterocycles. The number of H-pyrrole nitrogens is 1. The summed E-state index contributed by atoms with van der Waals surface area (Å²) in [6.07, 6.45) is 1.27. The molecule has 5 heteroatoms. The van der Waals surface area contributed by atoms with Gasteiger partial charge in [0.15, 0.2) is 0 Å². The van der Waals surface area contributed by atoms with Crippen molar-refractivity contribution in [2.75, 3.05) is 0 Å². The van der Waals surface area contributed by atoms with Gasteiger partial charge in [-0.25, -0.2) is 0 Å². The number of nitrogens with zero attached hydrogens (tertiary/aromatic N) is 1. The predicted molar refractivity (Wildman–Crippen MR) is 59.2 cm³/mol. The largest absolute Gasteiger partial charge is 0.328 e. The third-order valence-electron chi connectivity index (χ3n) is 2.20. The van der Waals surface area contributed by atoms with Gasteiger partial charge in [0.1, 0.15) is 5.56 Å². The number of pyridine rings is 1. The summed E-state index contributed by atoms with van der Waals surface area (Å²) in [5.41, 5.74) is -0.0144. The molecule has 1 aromatic heterocycles. The summed E-state index contributed by atoms with van der Waals surface area (Å²) in [4.78, 5) is 24.3. The van der Waals surface area contributed by atoms with E-state index in [0.29, 0.717) is 5.56 Å². The molecule has 0 spiro atoms. The van der Waals surface area contributed by atoms with Crippen LogP contribution in [-0.2, 0) is 0 Å². The maximum atomic E-state index is 11.6. The Bertz CT molecular complexity index is 575. The van der Waals surface area contributed by atoms with Gasteiger partial charge in [-0.3, -0.25) is 14.9 Å². The molecule has 80 valence electrons. The molecule has 16 heavy (non-hydrogen) atoms. The van der Waals surface area contributed by atoms with Crippen molar-refractivity contribution in [1.82, 2.24) is 4.98 Å². The molecule has 0 aliphatic carbocycles. The van der Waals surface area contributed by atoms with Crippen molar-refractivity contribution in [3.63, 3.8) is 0 Å². The second-order valence-electron chi connectivity index (χ2n) is 3.19. The van der Waals surface area contributed by atoms with E-state index in [2.05, 4.69) is 4.98 Å². The number of rotatable bonds is 2. The molecule has 2 aromatic rings. The molecule has 5 nitrogen and oxygen atoms in total. The lowest BCUT2D eigenvalue weighted by Gasteiger charge is -2.00. The van der Waals surface area contributed by atoms with Crippen LogP contribution >= 0.6 is 0 Å². The highest BCUT2D eigenvalue weighted by molar-refractivity contribution is 5.72. The van der Waals surface area contributed by atoms with Crippen molar-refractivity contribution in [2.45, 2.75) is 0 Å². The number of nitro groups is 1. The fraction of sp³-hybridized carbons (Fsp3) is 0. The van der Waals surface area contributed by atoms with Crippen LogP contribution in [0.3, 0.4) is 0 Å². The lowest BCUT2D eigenvalue weighted by Crippen LogP contribution is -2.10. The summed E-state index contributed by atoms with van der Waals surface area (Å²) in [5, 5.41) is 10.8. The third kappa shape index (κ3) is 1.70. The fourth-order valence-corrected chi connectivity index (χ4v) is 1.50. The van der Waals surface area contributed by atoms with Gasteiger partial charge in [-0.05, 0) is 5.56 Å². The Balaban J connectivity index is 2.74. The number of benzene rings is 1. The zero-order chi connectivity index (χ0) is 11.5. The molecule has 1 N–H and O–H groups in total. The zero-order valence-electron chi connectivity index (χ0n) is 8.21. The van der Waals surface area contributed by atoms with Gasteiger partial charge in [-0.1, -0.05) is 30.3 Å². The first-order chi connectivity index (χ1) is 7.70. The zero-order valence-corrected chi connectivity index (χ0v) is 8.21. The SMILES string of the molecule is O=c1[nH]ccc([N+](=O)[O-])c1-c1ccccc1. The normalized spacial score (nSPS) is 10.0. The molecule has 1 heterocycles. The Hall–Kier alpha value is -2.43. The quantitative estimate of drug-likeness (QED) is 0.615. The summed E-state index contributed by atoms with van der Waals surface area (Å²) >= 11 is 0. The number of hydrogen-bond acceptors (Lipinski definition) is 3. The Labute approximate surface area is 90.5 Å². The molecular formula is C11H8N2O3. The average molecular weight is 216 g/mol. The van der Waals surface area contributed by atoms with Crippen LogP contribution in [0, 0.1) is 10.1 Å². The van der Waals surface area contributed by atoms with Gasteiger partial charge in [-0.2, -0.15) is 0 Å². The first-order valence-corrected chi connectivity index (χ1v) is 4.61. The summed E-state index contributed by atoms with van der Waals surface area (Å²) in [6, 6.07) is 9.85. The molecule has 0 amide bonds. The van der Waals surface area contributed by atoms with E-state index < -0.39 is 10.5 Å². The van der Waals surface area contributed by atoms with E-state index in [9.17, 15) is 14.9 Å². The molecular weight excluding hydrogens is 208 g/mol. The van der Waals surface area contributed by atoms with Gasteiger partial charge >= 0.3 is 0 Å². The van der Waals surface area contributed by atoms with Crippen molar-refractivity contribution in [2.24, 2.45) is 0 Å². The summed E-state index contributed by atoms with van der Waals surface area (Å²) in [5.74, 6) is 0. The molecule has 0 saturated carbocycles. The predicted octanol–water partition coefficient (Wildman–Crippen LogP) is 1.95. The Kier molecular flexibility index (Phi) is 2.51. The van der Waals surface area contributed by atoms with Crippen LogP contribution < -0.4 is 5.56 Å². The molecule has 0 atom stereocenters. The van der Waals surface area contributed by atoms with Crippen molar-refractivity contribution in [3.05, 3.63) is 63.1 Å². The highest BCUT2D eigenvalue weighted by Gasteiger charge is 2.17. The highest BCUT2D eigenvalue weighted by Crippen LogP contribution is 2.24. The highest BCUT2D eigenvalue weighted by atomic mass is 16.6. The summed E-state index contributed by atoms with van der Waals surface area (Å²) in [6.45, 7) is 0. The minimum atomic E-state index is -0.558. The first-order valence-electron chi connectivity index (χ1n) is 4.61. The van der Waals surface area contributed by atoms with Gasteiger partial charge in [0.25, 0.3) is 11.2 Å². The van der Waals surface area contributed by atoms with Crippen molar-refractivity contribution < 1.29 is 4.92 Å². The molecule has 0 bridgehead atoms. The van der Waals surface area contributed by atoms with E-state index in [1.165, 1.54) is 12.3 Å².